The number of methoxy groups -OCH3 is 1. The molecule has 0 aromatic heterocycles. The molecule has 1 amide bonds. The molecule has 1 unspecified atom stereocenters. The molecule has 1 aliphatic heterocycles. The fraction of sp³-hybridized carbons (Fsp3) is 0.211. The summed E-state index contributed by atoms with van der Waals surface area (Å²) < 4.78 is 36.9. The summed E-state index contributed by atoms with van der Waals surface area (Å²) in [7, 11) is -3.31. The molecule has 1 atom stereocenters. The summed E-state index contributed by atoms with van der Waals surface area (Å²) in [6.07, 6.45) is 0. The largest absolute Gasteiger partial charge is 0.482 e. The van der Waals surface area contributed by atoms with E-state index in [2.05, 4.69) is 5.10 Å². The monoisotopic (exact) mass is 504 g/mol. The van der Waals surface area contributed by atoms with Crippen molar-refractivity contribution >= 4 is 68.1 Å². The zero-order valence-corrected chi connectivity index (χ0v) is 19.2. The van der Waals surface area contributed by atoms with Crippen LogP contribution in [0.5, 0.6) is 0 Å². The Labute approximate surface area is 193 Å². The van der Waals surface area contributed by atoms with Crippen molar-refractivity contribution < 1.29 is 27.5 Å². The third-order valence-corrected chi connectivity index (χ3v) is 7.05. The fourth-order valence-electron chi connectivity index (χ4n) is 2.95. The zero-order valence-electron chi connectivity index (χ0n) is 16.1. The fourth-order valence-corrected chi connectivity index (χ4v) is 5.68. The van der Waals surface area contributed by atoms with Crippen LogP contribution in [-0.2, 0) is 24.1 Å². The summed E-state index contributed by atoms with van der Waals surface area (Å²) in [6, 6.07) is 8.05. The van der Waals surface area contributed by atoms with E-state index in [-0.39, 0.29) is 32.9 Å². The zero-order chi connectivity index (χ0) is 22.9. The number of anilines is 1. The highest BCUT2D eigenvalue weighted by molar-refractivity contribution is 7.93. The second-order valence-electron chi connectivity index (χ2n) is 6.15. The van der Waals surface area contributed by atoms with Crippen LogP contribution in [0.1, 0.15) is 17.3 Å². The normalized spacial score (nSPS) is 16.3. The molecule has 12 heteroatoms. The van der Waals surface area contributed by atoms with Crippen molar-refractivity contribution in [3.8, 4) is 0 Å². The van der Waals surface area contributed by atoms with Crippen LogP contribution in [0.25, 0.3) is 0 Å². The molecule has 2 aromatic rings. The first kappa shape index (κ1) is 23.3. The summed E-state index contributed by atoms with van der Waals surface area (Å²) in [5.41, 5.74) is -0.266. The van der Waals surface area contributed by atoms with E-state index in [0.717, 1.165) is 5.01 Å². The van der Waals surface area contributed by atoms with Gasteiger partial charge in [0, 0.05) is 5.02 Å². The Kier molecular flexibility index (Phi) is 6.80. The van der Waals surface area contributed by atoms with Gasteiger partial charge in [0.15, 0.2) is 9.84 Å². The Balaban J connectivity index is 2.12. The minimum absolute atomic E-state index is 0.0185. The molecular weight excluding hydrogens is 491 g/mol. The molecule has 1 heterocycles. The lowest BCUT2D eigenvalue weighted by molar-refractivity contribution is -0.116. The van der Waals surface area contributed by atoms with Crippen LogP contribution >= 0.6 is 34.8 Å². The van der Waals surface area contributed by atoms with E-state index in [1.807, 2.05) is 0 Å². The van der Waals surface area contributed by atoms with Crippen molar-refractivity contribution in [1.29, 1.82) is 0 Å². The highest BCUT2D eigenvalue weighted by atomic mass is 35.5. The van der Waals surface area contributed by atoms with Gasteiger partial charge < -0.3 is 9.47 Å². The number of hydrazone groups is 1. The first-order chi connectivity index (χ1) is 14.6. The van der Waals surface area contributed by atoms with E-state index in [1.165, 1.54) is 43.5 Å². The number of halogens is 3. The van der Waals surface area contributed by atoms with Crippen molar-refractivity contribution in [3.05, 3.63) is 57.0 Å². The van der Waals surface area contributed by atoms with E-state index in [9.17, 15) is 18.0 Å². The summed E-state index contributed by atoms with van der Waals surface area (Å²) in [4.78, 5) is 25.1. The quantitative estimate of drug-likeness (QED) is 0.570. The van der Waals surface area contributed by atoms with Gasteiger partial charge in [0.05, 0.1) is 34.2 Å². The molecule has 0 N–H and O–H groups in total. The van der Waals surface area contributed by atoms with Crippen LogP contribution < -0.4 is 5.01 Å². The molecule has 164 valence electrons. The number of benzene rings is 2. The molecule has 3 rings (SSSR count). The molecule has 2 aromatic carbocycles. The van der Waals surface area contributed by atoms with Gasteiger partial charge in [0.25, 0.3) is 5.91 Å². The van der Waals surface area contributed by atoms with Gasteiger partial charge in [0.2, 0.25) is 11.1 Å². The average molecular weight is 506 g/mol. The Bertz CT molecular complexity index is 1180. The Morgan fingerprint density at radius 3 is 2.35 bits per heavy atom. The van der Waals surface area contributed by atoms with Crippen LogP contribution in [0.4, 0.5) is 5.69 Å². The Hall–Kier alpha value is -2.33. The van der Waals surface area contributed by atoms with Crippen LogP contribution in [-0.4, -0.2) is 45.2 Å². The maximum absolute atomic E-state index is 13.4. The number of nitrogens with zero attached hydrogens (tertiary/aromatic N) is 2. The van der Waals surface area contributed by atoms with Crippen molar-refractivity contribution in [2.75, 3.05) is 18.7 Å². The second kappa shape index (κ2) is 9.04. The molecule has 0 saturated heterocycles. The predicted molar refractivity (Wildman–Crippen MR) is 117 cm³/mol. The number of esters is 1. The van der Waals surface area contributed by atoms with E-state index in [0.29, 0.717) is 0 Å². The van der Waals surface area contributed by atoms with E-state index < -0.39 is 37.8 Å². The number of ether oxygens (including phenoxy) is 2. The predicted octanol–water partition coefficient (Wildman–Crippen LogP) is 3.97. The standard InChI is InChI=1S/C19H15Cl3N2O6S/c1-3-30-19(26)11-6-4-5-7-14(11)31(27,28)16-17(29-2)23-24(18(16)25)15-12(21)8-10(20)9-13(15)22/h4-9,16H,3H2,1-2H3. The molecule has 8 nitrogen and oxygen atoms in total. The molecule has 1 aliphatic rings. The average Bonchev–Trinajstić information content (AvgIpc) is 3.04. The number of amides is 1. The van der Waals surface area contributed by atoms with Gasteiger partial charge in [-0.25, -0.2) is 13.2 Å². The number of hydrogen-bond donors (Lipinski definition) is 0. The maximum atomic E-state index is 13.4. The Morgan fingerprint density at radius 1 is 1.16 bits per heavy atom. The number of rotatable bonds is 5. The molecule has 0 bridgehead atoms. The number of carbonyl (C=O) groups excluding carboxylic acids is 2. The van der Waals surface area contributed by atoms with Gasteiger partial charge in [-0.15, -0.1) is 5.10 Å². The molecule has 0 spiro atoms. The van der Waals surface area contributed by atoms with Crippen LogP contribution in [0.15, 0.2) is 46.4 Å². The summed E-state index contributed by atoms with van der Waals surface area (Å²) in [5.74, 6) is -2.24. The first-order valence-electron chi connectivity index (χ1n) is 8.74. The lowest BCUT2D eigenvalue weighted by Crippen LogP contribution is -2.39. The Morgan fingerprint density at radius 2 is 1.77 bits per heavy atom. The molecule has 0 radical (unpaired) electrons. The van der Waals surface area contributed by atoms with Gasteiger partial charge >= 0.3 is 5.97 Å². The molecule has 0 fully saturated rings. The first-order valence-corrected chi connectivity index (χ1v) is 11.4. The summed E-state index contributed by atoms with van der Waals surface area (Å²) in [6.45, 7) is 1.63. The topological polar surface area (TPSA) is 102 Å². The highest BCUT2D eigenvalue weighted by Crippen LogP contribution is 2.40. The number of sulfone groups is 1. The van der Waals surface area contributed by atoms with E-state index in [1.54, 1.807) is 6.92 Å². The van der Waals surface area contributed by atoms with Crippen LogP contribution in [0, 0.1) is 0 Å². The summed E-state index contributed by atoms with van der Waals surface area (Å²) in [5, 5.41) is 3.02. The minimum atomic E-state index is -4.48. The van der Waals surface area contributed by atoms with Crippen molar-refractivity contribution in [2.24, 2.45) is 5.10 Å². The number of carbonyl (C=O) groups is 2. The van der Waals surface area contributed by atoms with Crippen LogP contribution in [0.3, 0.4) is 0 Å². The minimum Gasteiger partial charge on any atom is -0.482 e. The molecule has 31 heavy (non-hydrogen) atoms. The SMILES string of the molecule is CCOC(=O)c1ccccc1S(=O)(=O)C1C(=O)N(c2c(Cl)cc(Cl)cc2Cl)N=C1OC. The smallest absolute Gasteiger partial charge is 0.339 e. The van der Waals surface area contributed by atoms with Crippen molar-refractivity contribution in [2.45, 2.75) is 17.1 Å². The van der Waals surface area contributed by atoms with Gasteiger partial charge in [-0.2, -0.15) is 5.01 Å². The highest BCUT2D eigenvalue weighted by Gasteiger charge is 2.49. The molecule has 0 aliphatic carbocycles. The van der Waals surface area contributed by atoms with E-state index >= 15 is 0 Å². The second-order valence-corrected chi connectivity index (χ2v) is 9.40. The third kappa shape index (κ3) is 4.23. The summed E-state index contributed by atoms with van der Waals surface area (Å²) >= 11 is 18.2. The lowest BCUT2D eigenvalue weighted by Gasteiger charge is -2.18. The maximum Gasteiger partial charge on any atom is 0.339 e. The number of hydrogen-bond acceptors (Lipinski definition) is 7. The van der Waals surface area contributed by atoms with Gasteiger partial charge in [-0.05, 0) is 31.2 Å². The molecule has 0 saturated carbocycles. The van der Waals surface area contributed by atoms with Crippen molar-refractivity contribution in [1.82, 2.24) is 0 Å². The van der Waals surface area contributed by atoms with Crippen molar-refractivity contribution in [3.63, 3.8) is 0 Å². The third-order valence-electron chi connectivity index (χ3n) is 4.26. The van der Waals surface area contributed by atoms with Gasteiger partial charge in [-0.3, -0.25) is 4.79 Å². The van der Waals surface area contributed by atoms with Crippen LogP contribution in [0.2, 0.25) is 15.1 Å². The van der Waals surface area contributed by atoms with Gasteiger partial charge in [0.1, 0.15) is 5.69 Å². The molecular formula is C19H15Cl3N2O6S. The van der Waals surface area contributed by atoms with E-state index in [4.69, 9.17) is 44.3 Å². The van der Waals surface area contributed by atoms with Gasteiger partial charge in [-0.1, -0.05) is 46.9 Å². The lowest BCUT2D eigenvalue weighted by atomic mass is 10.2.